The lowest BCUT2D eigenvalue weighted by atomic mass is 10.1. The summed E-state index contributed by atoms with van der Waals surface area (Å²) in [6.07, 6.45) is 0. The third-order valence-corrected chi connectivity index (χ3v) is 4.22. The zero-order valence-electron chi connectivity index (χ0n) is 13.7. The maximum atomic E-state index is 13.1. The van der Waals surface area contributed by atoms with Gasteiger partial charge in [-0.1, -0.05) is 48.5 Å². The fourth-order valence-electron chi connectivity index (χ4n) is 2.99. The standard InChI is InChI=1S/C21H14N2O3/c24-20-17-13-7-8-14-18(17)21(25)22(20)19(15-9-3-1-4-10-15)23(26)16-11-5-2-6-12-16/h1-14H/b23-19-. The van der Waals surface area contributed by atoms with Crippen LogP contribution in [0.1, 0.15) is 26.3 Å². The number of fused-ring (bicyclic) bond motifs is 1. The van der Waals surface area contributed by atoms with Crippen LogP contribution >= 0.6 is 0 Å². The van der Waals surface area contributed by atoms with E-state index in [2.05, 4.69) is 0 Å². The van der Waals surface area contributed by atoms with E-state index < -0.39 is 11.8 Å². The Balaban J connectivity index is 1.94. The van der Waals surface area contributed by atoms with Crippen LogP contribution in [0.4, 0.5) is 5.69 Å². The van der Waals surface area contributed by atoms with E-state index in [1.165, 1.54) is 0 Å². The summed E-state index contributed by atoms with van der Waals surface area (Å²) in [7, 11) is 0. The number of amidine groups is 1. The second-order valence-corrected chi connectivity index (χ2v) is 5.81. The molecule has 4 rings (SSSR count). The van der Waals surface area contributed by atoms with Gasteiger partial charge < -0.3 is 5.21 Å². The summed E-state index contributed by atoms with van der Waals surface area (Å²) >= 11 is 0. The van der Waals surface area contributed by atoms with Crippen LogP contribution in [-0.2, 0) is 0 Å². The summed E-state index contributed by atoms with van der Waals surface area (Å²) < 4.78 is 0.622. The predicted octanol–water partition coefficient (Wildman–Crippen LogP) is 3.57. The molecule has 3 aromatic rings. The second-order valence-electron chi connectivity index (χ2n) is 5.81. The Morgan fingerprint density at radius 3 is 1.69 bits per heavy atom. The number of rotatable bonds is 2. The van der Waals surface area contributed by atoms with Gasteiger partial charge in [-0.3, -0.25) is 0 Å². The van der Waals surface area contributed by atoms with Gasteiger partial charge in [0.2, 0.25) is 0 Å². The maximum absolute atomic E-state index is 13.1. The molecule has 1 aliphatic rings. The Hall–Kier alpha value is -3.73. The molecule has 0 bridgehead atoms. The molecule has 3 aromatic carbocycles. The van der Waals surface area contributed by atoms with Gasteiger partial charge in [-0.25, -0.2) is 14.3 Å². The average Bonchev–Trinajstić information content (AvgIpc) is 2.95. The fourth-order valence-corrected chi connectivity index (χ4v) is 2.99. The fraction of sp³-hybridized carbons (Fsp3) is 0. The minimum atomic E-state index is -0.499. The van der Waals surface area contributed by atoms with E-state index in [9.17, 15) is 14.8 Å². The average molecular weight is 342 g/mol. The molecule has 2 amide bonds. The van der Waals surface area contributed by atoms with Crippen molar-refractivity contribution in [2.75, 3.05) is 0 Å². The third kappa shape index (κ3) is 2.46. The highest BCUT2D eigenvalue weighted by Gasteiger charge is 2.46. The molecule has 0 aromatic heterocycles. The molecule has 5 heteroatoms. The number of carbonyl (C=O) groups is 2. The first kappa shape index (κ1) is 15.8. The van der Waals surface area contributed by atoms with Gasteiger partial charge in [-0.15, -0.1) is 4.90 Å². The molecule has 0 fully saturated rings. The number of para-hydroxylation sites is 1. The van der Waals surface area contributed by atoms with Crippen molar-refractivity contribution in [1.29, 1.82) is 0 Å². The SMILES string of the molecule is O=C1c2ccccc2C(=O)N1/C(c1ccccc1)=[N+](\[O-])c1ccccc1. The highest BCUT2D eigenvalue weighted by atomic mass is 16.5. The lowest BCUT2D eigenvalue weighted by molar-refractivity contribution is -0.365. The van der Waals surface area contributed by atoms with E-state index >= 15 is 0 Å². The summed E-state index contributed by atoms with van der Waals surface area (Å²) in [6.45, 7) is 0. The number of imide groups is 1. The second kappa shape index (κ2) is 6.29. The minimum Gasteiger partial charge on any atom is -0.710 e. The minimum absolute atomic E-state index is 0.0111. The van der Waals surface area contributed by atoms with Gasteiger partial charge in [0.25, 0.3) is 0 Å². The van der Waals surface area contributed by atoms with Crippen molar-refractivity contribution in [3.63, 3.8) is 0 Å². The first-order chi connectivity index (χ1) is 12.7. The molecule has 0 atom stereocenters. The first-order valence-electron chi connectivity index (χ1n) is 8.11. The predicted molar refractivity (Wildman–Crippen MR) is 97.2 cm³/mol. The first-order valence-corrected chi connectivity index (χ1v) is 8.11. The Kier molecular flexibility index (Phi) is 3.82. The van der Waals surface area contributed by atoms with E-state index in [0.29, 0.717) is 27.1 Å². The maximum Gasteiger partial charge on any atom is 0.349 e. The van der Waals surface area contributed by atoms with E-state index in [0.717, 1.165) is 4.90 Å². The van der Waals surface area contributed by atoms with Crippen molar-refractivity contribution in [2.24, 2.45) is 0 Å². The van der Waals surface area contributed by atoms with Crippen molar-refractivity contribution < 1.29 is 14.3 Å². The summed E-state index contributed by atoms with van der Waals surface area (Å²) in [6, 6.07) is 23.8. The van der Waals surface area contributed by atoms with Gasteiger partial charge in [0.1, 0.15) is 5.69 Å². The highest BCUT2D eigenvalue weighted by Crippen LogP contribution is 2.26. The molecule has 0 spiro atoms. The summed E-state index contributed by atoms with van der Waals surface area (Å²) in [4.78, 5) is 26.7. The van der Waals surface area contributed by atoms with Crippen molar-refractivity contribution in [3.05, 3.63) is 107 Å². The lowest BCUT2D eigenvalue weighted by Crippen LogP contribution is -2.40. The van der Waals surface area contributed by atoms with Crippen molar-refractivity contribution in [1.82, 2.24) is 4.90 Å². The number of benzene rings is 3. The Labute approximate surface area is 150 Å². The van der Waals surface area contributed by atoms with Crippen molar-refractivity contribution in [2.45, 2.75) is 0 Å². The number of nitrogens with zero attached hydrogens (tertiary/aromatic N) is 2. The molecule has 1 aliphatic heterocycles. The van der Waals surface area contributed by atoms with Gasteiger partial charge in [0, 0.05) is 0 Å². The van der Waals surface area contributed by atoms with Crippen molar-refractivity contribution in [3.8, 4) is 0 Å². The smallest absolute Gasteiger partial charge is 0.349 e. The topological polar surface area (TPSA) is 63.5 Å². The van der Waals surface area contributed by atoms with Crippen LogP contribution in [0.3, 0.4) is 0 Å². The van der Waals surface area contributed by atoms with Gasteiger partial charge in [0.05, 0.1) is 16.7 Å². The monoisotopic (exact) mass is 342 g/mol. The van der Waals surface area contributed by atoms with Gasteiger partial charge in [-0.05, 0) is 36.4 Å². The number of hydrogen-bond acceptors (Lipinski definition) is 3. The van der Waals surface area contributed by atoms with Gasteiger partial charge >= 0.3 is 17.6 Å². The Morgan fingerprint density at radius 1 is 0.692 bits per heavy atom. The van der Waals surface area contributed by atoms with Crippen molar-refractivity contribution >= 4 is 23.3 Å². The molecule has 1 heterocycles. The molecule has 126 valence electrons. The largest absolute Gasteiger partial charge is 0.710 e. The van der Waals surface area contributed by atoms with E-state index in [-0.39, 0.29) is 5.84 Å². The molecular weight excluding hydrogens is 328 g/mol. The molecular formula is C21H14N2O3. The highest BCUT2D eigenvalue weighted by molar-refractivity contribution is 6.31. The molecule has 0 saturated carbocycles. The summed E-state index contributed by atoms with van der Waals surface area (Å²) in [5, 5.41) is 13.1. The number of carbonyl (C=O) groups excluding carboxylic acids is 2. The van der Waals surface area contributed by atoms with Crippen LogP contribution in [0.15, 0.2) is 84.9 Å². The molecule has 0 saturated heterocycles. The van der Waals surface area contributed by atoms with E-state index in [4.69, 9.17) is 0 Å². The molecule has 0 N–H and O–H groups in total. The van der Waals surface area contributed by atoms with Crippen LogP contribution in [0.2, 0.25) is 0 Å². The Morgan fingerprint density at radius 2 is 1.15 bits per heavy atom. The molecule has 5 nitrogen and oxygen atoms in total. The molecule has 0 aliphatic carbocycles. The molecule has 26 heavy (non-hydrogen) atoms. The summed E-state index contributed by atoms with van der Waals surface area (Å²) in [5.74, 6) is -1.01. The van der Waals surface area contributed by atoms with Crippen LogP contribution in [0.25, 0.3) is 0 Å². The number of hydrogen-bond donors (Lipinski definition) is 0. The van der Waals surface area contributed by atoms with Crippen LogP contribution < -0.4 is 0 Å². The van der Waals surface area contributed by atoms with Gasteiger partial charge in [-0.2, -0.15) is 0 Å². The number of amides is 2. The zero-order chi connectivity index (χ0) is 18.1. The van der Waals surface area contributed by atoms with E-state index in [1.807, 2.05) is 0 Å². The Bertz CT molecular complexity index is 992. The normalized spacial score (nSPS) is 14.2. The quantitative estimate of drug-likeness (QED) is 0.179. The molecule has 0 unspecified atom stereocenters. The van der Waals surface area contributed by atoms with Gasteiger partial charge in [0.15, 0.2) is 0 Å². The lowest BCUT2D eigenvalue weighted by Gasteiger charge is -2.18. The summed E-state index contributed by atoms with van der Waals surface area (Å²) in [5.41, 5.74) is 1.42. The van der Waals surface area contributed by atoms with Crippen LogP contribution in [0.5, 0.6) is 0 Å². The third-order valence-electron chi connectivity index (χ3n) is 4.22. The van der Waals surface area contributed by atoms with Crippen LogP contribution in [-0.4, -0.2) is 27.3 Å². The van der Waals surface area contributed by atoms with E-state index in [1.54, 1.807) is 84.9 Å². The molecule has 0 radical (unpaired) electrons. The van der Waals surface area contributed by atoms with Crippen LogP contribution in [0, 0.1) is 5.21 Å². The zero-order valence-corrected chi connectivity index (χ0v) is 13.7.